The second-order valence-electron chi connectivity index (χ2n) is 3.34. The zero-order valence-corrected chi connectivity index (χ0v) is 7.59. The lowest BCUT2D eigenvalue weighted by atomic mass is 10.0. The molecule has 0 fully saturated rings. The molecule has 0 amide bonds. The zero-order chi connectivity index (χ0) is 9.97. The molecule has 2 N–H and O–H groups in total. The van der Waals surface area contributed by atoms with Gasteiger partial charge in [-0.25, -0.2) is 0 Å². The van der Waals surface area contributed by atoms with E-state index in [9.17, 15) is 10.4 Å². The minimum Gasteiger partial charge on any atom is -0.629 e. The molecule has 2 rings (SSSR count). The Morgan fingerprint density at radius 1 is 0.714 bits per heavy atom. The molecule has 4 unspecified atom stereocenters. The van der Waals surface area contributed by atoms with Crippen LogP contribution in [0.2, 0.25) is 0 Å². The van der Waals surface area contributed by atoms with Gasteiger partial charge in [0.1, 0.15) is 0 Å². The molecule has 2 heterocycles. The molecule has 0 aliphatic carbocycles. The van der Waals surface area contributed by atoms with Gasteiger partial charge in [-0.2, -0.15) is 0 Å². The molecule has 4 nitrogen and oxygen atoms in total. The third-order valence-electron chi connectivity index (χ3n) is 2.42. The lowest BCUT2D eigenvalue weighted by molar-refractivity contribution is -0.888. The molecule has 4 atom stereocenters. The molecule has 0 aromatic rings. The molecule has 0 aromatic carbocycles. The molecular weight excluding hydrogens is 180 g/mol. The topological polar surface area (TPSA) is 55.0 Å². The van der Waals surface area contributed by atoms with Crippen molar-refractivity contribution in [3.8, 4) is 0 Å². The van der Waals surface area contributed by atoms with Crippen molar-refractivity contribution in [3.63, 3.8) is 0 Å². The monoisotopic (exact) mass is 192 g/mol. The van der Waals surface area contributed by atoms with Crippen molar-refractivity contribution in [1.29, 1.82) is 0 Å². The summed E-state index contributed by atoms with van der Waals surface area (Å²) in [5, 5.41) is 23.0. The minimum absolute atomic E-state index is 0.00537. The third-order valence-corrected chi connectivity index (χ3v) is 2.42. The van der Waals surface area contributed by atoms with Crippen LogP contribution in [-0.2, 0) is 0 Å². The van der Waals surface area contributed by atoms with Crippen molar-refractivity contribution in [2.45, 2.75) is 12.1 Å². The van der Waals surface area contributed by atoms with Gasteiger partial charge in [0.25, 0.3) is 0 Å². The summed E-state index contributed by atoms with van der Waals surface area (Å²) in [5.74, 6) is 0. The predicted molar refractivity (Wildman–Crippen MR) is 52.8 cm³/mol. The predicted octanol–water partition coefficient (Wildman–Crippen LogP) is -1.34. The third kappa shape index (κ3) is 1.69. The summed E-state index contributed by atoms with van der Waals surface area (Å²) in [6.45, 7) is 0. The Morgan fingerprint density at radius 2 is 1.14 bits per heavy atom. The number of allylic oxidation sites excluding steroid dienone is 4. The molecule has 0 aromatic heterocycles. The zero-order valence-electron chi connectivity index (χ0n) is 7.59. The molecule has 0 saturated carbocycles. The van der Waals surface area contributed by atoms with Gasteiger partial charge in [0.05, 0.1) is 12.4 Å². The van der Waals surface area contributed by atoms with E-state index in [1.165, 1.54) is 12.4 Å². The van der Waals surface area contributed by atoms with Crippen LogP contribution < -0.4 is 10.1 Å². The van der Waals surface area contributed by atoms with Crippen molar-refractivity contribution in [1.82, 2.24) is 0 Å². The number of nitrogens with one attached hydrogen (secondary N) is 2. The van der Waals surface area contributed by atoms with E-state index in [-0.39, 0.29) is 22.2 Å². The summed E-state index contributed by atoms with van der Waals surface area (Å²) < 4.78 is 0. The fourth-order valence-electron chi connectivity index (χ4n) is 1.67. The summed E-state index contributed by atoms with van der Waals surface area (Å²) in [4.78, 5) is 0. The van der Waals surface area contributed by atoms with Gasteiger partial charge in [-0.1, -0.05) is 12.2 Å². The van der Waals surface area contributed by atoms with Crippen LogP contribution in [0.15, 0.2) is 48.9 Å². The molecule has 74 valence electrons. The van der Waals surface area contributed by atoms with Crippen LogP contribution in [0, 0.1) is 10.4 Å². The molecule has 0 spiro atoms. The minimum atomic E-state index is -0.311. The van der Waals surface area contributed by atoms with Gasteiger partial charge < -0.3 is 20.5 Å². The molecule has 2 aliphatic rings. The van der Waals surface area contributed by atoms with E-state index in [1.807, 2.05) is 12.2 Å². The van der Waals surface area contributed by atoms with Crippen molar-refractivity contribution >= 4 is 0 Å². The van der Waals surface area contributed by atoms with Crippen LogP contribution in [0.1, 0.15) is 0 Å². The van der Waals surface area contributed by atoms with Crippen molar-refractivity contribution in [2.75, 3.05) is 0 Å². The first kappa shape index (κ1) is 9.36. The highest BCUT2D eigenvalue weighted by molar-refractivity contribution is 5.14. The lowest BCUT2D eigenvalue weighted by Gasteiger charge is -2.36. The first-order chi connectivity index (χ1) is 6.79. The van der Waals surface area contributed by atoms with Gasteiger partial charge in [-0.05, 0) is 24.3 Å². The Kier molecular flexibility index (Phi) is 2.60. The summed E-state index contributed by atoms with van der Waals surface area (Å²) in [6, 6.07) is -0.623. The van der Waals surface area contributed by atoms with Crippen LogP contribution in [0.3, 0.4) is 0 Å². The van der Waals surface area contributed by atoms with Crippen molar-refractivity contribution < 1.29 is 10.1 Å². The lowest BCUT2D eigenvalue weighted by Crippen LogP contribution is -3.18. The average molecular weight is 192 g/mol. The van der Waals surface area contributed by atoms with E-state index in [1.54, 1.807) is 24.3 Å². The van der Waals surface area contributed by atoms with Crippen LogP contribution in [0.25, 0.3) is 0 Å². The van der Waals surface area contributed by atoms with Gasteiger partial charge in [0, 0.05) is 0 Å². The van der Waals surface area contributed by atoms with Crippen LogP contribution in [0.4, 0.5) is 0 Å². The SMILES string of the molecule is [O-][NH+]1C=CC=CC1C1C=CC=C[NH+]1[O-]. The maximum Gasteiger partial charge on any atom is 0.167 e. The van der Waals surface area contributed by atoms with Crippen molar-refractivity contribution in [2.24, 2.45) is 0 Å². The van der Waals surface area contributed by atoms with Gasteiger partial charge in [0.15, 0.2) is 12.1 Å². The standard InChI is InChI=1S/C10H12N2O2/c13-11-7-3-1-5-9(11)10-6-2-4-8-12(10)14/h1-12H. The van der Waals surface area contributed by atoms with E-state index >= 15 is 0 Å². The largest absolute Gasteiger partial charge is 0.629 e. The fourth-order valence-corrected chi connectivity index (χ4v) is 1.67. The van der Waals surface area contributed by atoms with E-state index in [0.717, 1.165) is 0 Å². The number of hydroxylamine groups is 4. The number of hydrogen-bond donors (Lipinski definition) is 2. The maximum absolute atomic E-state index is 11.5. The van der Waals surface area contributed by atoms with Gasteiger partial charge in [-0.3, -0.25) is 0 Å². The first-order valence-corrected chi connectivity index (χ1v) is 4.56. The smallest absolute Gasteiger partial charge is 0.167 e. The fraction of sp³-hybridized carbons (Fsp3) is 0.200. The summed E-state index contributed by atoms with van der Waals surface area (Å²) in [7, 11) is 0. The summed E-state index contributed by atoms with van der Waals surface area (Å²) >= 11 is 0. The Labute approximate surface area is 82.3 Å². The molecule has 14 heavy (non-hydrogen) atoms. The Hall–Kier alpha value is -1.20. The van der Waals surface area contributed by atoms with Crippen LogP contribution >= 0.6 is 0 Å². The second-order valence-corrected chi connectivity index (χ2v) is 3.34. The first-order valence-electron chi connectivity index (χ1n) is 4.56. The average Bonchev–Trinajstić information content (AvgIpc) is 2.20. The second kappa shape index (κ2) is 3.89. The maximum atomic E-state index is 11.5. The van der Waals surface area contributed by atoms with Crippen LogP contribution in [0.5, 0.6) is 0 Å². The van der Waals surface area contributed by atoms with Gasteiger partial charge in [0.2, 0.25) is 0 Å². The van der Waals surface area contributed by atoms with E-state index in [2.05, 4.69) is 0 Å². The normalized spacial score (nSPS) is 40.4. The highest BCUT2D eigenvalue weighted by atomic mass is 16.5. The van der Waals surface area contributed by atoms with Crippen LogP contribution in [-0.4, -0.2) is 12.1 Å². The molecule has 0 bridgehead atoms. The van der Waals surface area contributed by atoms with Gasteiger partial charge >= 0.3 is 0 Å². The highest BCUT2D eigenvalue weighted by Crippen LogP contribution is 1.98. The number of rotatable bonds is 1. The summed E-state index contributed by atoms with van der Waals surface area (Å²) in [5.41, 5.74) is 0. The molecule has 0 saturated heterocycles. The van der Waals surface area contributed by atoms with E-state index in [4.69, 9.17) is 0 Å². The van der Waals surface area contributed by atoms with E-state index in [0.29, 0.717) is 0 Å². The quantitative estimate of drug-likeness (QED) is 0.505. The van der Waals surface area contributed by atoms with E-state index < -0.39 is 0 Å². The Bertz CT molecular complexity index is 288. The Morgan fingerprint density at radius 3 is 1.50 bits per heavy atom. The number of quaternary nitrogens is 2. The molecule has 4 heteroatoms. The molecular formula is C10H12N2O2. The Balaban J connectivity index is 2.15. The molecule has 2 aliphatic heterocycles. The highest BCUT2D eigenvalue weighted by Gasteiger charge is 2.28. The summed E-state index contributed by atoms with van der Waals surface area (Å²) in [6.07, 6.45) is 13.6. The number of hydrogen-bond acceptors (Lipinski definition) is 2. The van der Waals surface area contributed by atoms with Crippen molar-refractivity contribution in [3.05, 3.63) is 59.3 Å². The van der Waals surface area contributed by atoms with Gasteiger partial charge in [-0.15, -0.1) is 0 Å². The molecule has 0 radical (unpaired) electrons.